The monoisotopic (exact) mass is 246 g/mol. The molecule has 1 atom stereocenters. The zero-order valence-corrected chi connectivity index (χ0v) is 10.8. The highest BCUT2D eigenvalue weighted by atomic mass is 35.5. The first-order valence-electron chi connectivity index (χ1n) is 5.82. The van der Waals surface area contributed by atoms with E-state index < -0.39 is 0 Å². The van der Waals surface area contributed by atoms with Crippen molar-refractivity contribution in [3.8, 4) is 0 Å². The van der Waals surface area contributed by atoms with Gasteiger partial charge in [-0.05, 0) is 37.8 Å². The normalized spacial score (nSPS) is 18.3. The Labute approximate surface area is 104 Å². The smallest absolute Gasteiger partial charge is 0.220 e. The molecule has 0 saturated carbocycles. The minimum atomic E-state index is 0. The van der Waals surface area contributed by atoms with Crippen LogP contribution in [-0.4, -0.2) is 25.5 Å². The second kappa shape index (κ2) is 8.59. The predicted octanol–water partition coefficient (Wildman–Crippen LogP) is 1.74. The largest absolute Gasteiger partial charge is 0.353 e. The van der Waals surface area contributed by atoms with E-state index in [9.17, 15) is 4.79 Å². The van der Waals surface area contributed by atoms with Gasteiger partial charge in [-0.1, -0.05) is 13.0 Å². The second-order valence-corrected chi connectivity index (χ2v) is 4.36. The van der Waals surface area contributed by atoms with E-state index in [1.807, 2.05) is 0 Å². The van der Waals surface area contributed by atoms with Crippen molar-refractivity contribution in [2.45, 2.75) is 26.2 Å². The van der Waals surface area contributed by atoms with E-state index in [-0.39, 0.29) is 18.3 Å². The van der Waals surface area contributed by atoms with Crippen LogP contribution in [-0.2, 0) is 4.79 Å². The highest BCUT2D eigenvalue weighted by Gasteiger charge is 2.21. The van der Waals surface area contributed by atoms with E-state index in [1.54, 1.807) is 6.08 Å². The third-order valence-corrected chi connectivity index (χ3v) is 3.14. The van der Waals surface area contributed by atoms with Gasteiger partial charge in [0.05, 0.1) is 0 Å². The SMILES string of the molecule is C=CCNC(=O)CC(C)C1CCNCC1.Cl. The Kier molecular flexibility index (Phi) is 8.30. The average Bonchev–Trinajstić information content (AvgIpc) is 2.27. The van der Waals surface area contributed by atoms with E-state index in [2.05, 4.69) is 24.1 Å². The van der Waals surface area contributed by atoms with Gasteiger partial charge in [0.15, 0.2) is 0 Å². The lowest BCUT2D eigenvalue weighted by atomic mass is 9.84. The molecule has 0 radical (unpaired) electrons. The van der Waals surface area contributed by atoms with Gasteiger partial charge in [-0.2, -0.15) is 0 Å². The Hall–Kier alpha value is -0.540. The van der Waals surface area contributed by atoms with Gasteiger partial charge in [-0.15, -0.1) is 19.0 Å². The van der Waals surface area contributed by atoms with Crippen LogP contribution in [0.2, 0.25) is 0 Å². The van der Waals surface area contributed by atoms with E-state index in [1.165, 1.54) is 12.8 Å². The van der Waals surface area contributed by atoms with E-state index >= 15 is 0 Å². The molecule has 16 heavy (non-hydrogen) atoms. The van der Waals surface area contributed by atoms with Crippen LogP contribution in [0.5, 0.6) is 0 Å². The zero-order valence-electron chi connectivity index (χ0n) is 10.00. The predicted molar refractivity (Wildman–Crippen MR) is 69.8 cm³/mol. The summed E-state index contributed by atoms with van der Waals surface area (Å²) in [7, 11) is 0. The number of nitrogens with one attached hydrogen (secondary N) is 2. The molecular weight excluding hydrogens is 224 g/mol. The highest BCUT2D eigenvalue weighted by molar-refractivity contribution is 5.85. The van der Waals surface area contributed by atoms with Gasteiger partial charge < -0.3 is 10.6 Å². The summed E-state index contributed by atoms with van der Waals surface area (Å²) in [5, 5.41) is 6.17. The molecule has 1 unspecified atom stereocenters. The van der Waals surface area contributed by atoms with Gasteiger partial charge in [0.2, 0.25) is 5.91 Å². The molecule has 0 bridgehead atoms. The number of piperidine rings is 1. The number of carbonyl (C=O) groups is 1. The van der Waals surface area contributed by atoms with Crippen LogP contribution < -0.4 is 10.6 Å². The molecule has 0 aromatic carbocycles. The van der Waals surface area contributed by atoms with Crippen molar-refractivity contribution in [3.05, 3.63) is 12.7 Å². The molecule has 1 heterocycles. The summed E-state index contributed by atoms with van der Waals surface area (Å²) in [6.45, 7) is 8.54. The molecule has 0 spiro atoms. The number of hydrogen-bond acceptors (Lipinski definition) is 2. The number of rotatable bonds is 5. The third-order valence-electron chi connectivity index (χ3n) is 3.14. The maximum absolute atomic E-state index is 11.5. The van der Waals surface area contributed by atoms with E-state index in [0.29, 0.717) is 24.8 Å². The van der Waals surface area contributed by atoms with Crippen LogP contribution in [0, 0.1) is 11.8 Å². The van der Waals surface area contributed by atoms with Crippen molar-refractivity contribution in [1.82, 2.24) is 10.6 Å². The number of amides is 1. The lowest BCUT2D eigenvalue weighted by Gasteiger charge is -2.27. The first-order chi connectivity index (χ1) is 7.24. The van der Waals surface area contributed by atoms with Gasteiger partial charge in [-0.25, -0.2) is 0 Å². The van der Waals surface area contributed by atoms with Crippen molar-refractivity contribution >= 4 is 18.3 Å². The van der Waals surface area contributed by atoms with Gasteiger partial charge in [0.1, 0.15) is 0 Å². The average molecular weight is 247 g/mol. The summed E-state index contributed by atoms with van der Waals surface area (Å²) >= 11 is 0. The Morgan fingerprint density at radius 3 is 2.75 bits per heavy atom. The Balaban J connectivity index is 0.00000225. The molecule has 3 nitrogen and oxygen atoms in total. The first-order valence-corrected chi connectivity index (χ1v) is 5.82. The Morgan fingerprint density at radius 2 is 2.19 bits per heavy atom. The highest BCUT2D eigenvalue weighted by Crippen LogP contribution is 2.23. The molecule has 94 valence electrons. The standard InChI is InChI=1S/C12H22N2O.ClH/c1-3-6-14-12(15)9-10(2)11-4-7-13-8-5-11;/h3,10-11,13H,1,4-9H2,2H3,(H,14,15);1H. The molecule has 1 aliphatic rings. The van der Waals surface area contributed by atoms with Gasteiger partial charge in [0.25, 0.3) is 0 Å². The molecule has 0 aromatic rings. The molecule has 1 saturated heterocycles. The summed E-state index contributed by atoms with van der Waals surface area (Å²) in [6, 6.07) is 0. The van der Waals surface area contributed by atoms with Crippen LogP contribution in [0.25, 0.3) is 0 Å². The fraction of sp³-hybridized carbons (Fsp3) is 0.750. The maximum Gasteiger partial charge on any atom is 0.220 e. The quantitative estimate of drug-likeness (QED) is 0.726. The Bertz CT molecular complexity index is 215. The van der Waals surface area contributed by atoms with Crippen molar-refractivity contribution in [2.75, 3.05) is 19.6 Å². The number of halogens is 1. The fourth-order valence-corrected chi connectivity index (χ4v) is 2.13. The molecule has 0 aromatic heterocycles. The van der Waals surface area contributed by atoms with E-state index in [4.69, 9.17) is 0 Å². The van der Waals surface area contributed by atoms with Crippen LogP contribution in [0.15, 0.2) is 12.7 Å². The fourth-order valence-electron chi connectivity index (χ4n) is 2.13. The van der Waals surface area contributed by atoms with Crippen molar-refractivity contribution in [2.24, 2.45) is 11.8 Å². The molecule has 0 aliphatic carbocycles. The van der Waals surface area contributed by atoms with Crippen LogP contribution in [0.1, 0.15) is 26.2 Å². The van der Waals surface area contributed by atoms with E-state index in [0.717, 1.165) is 13.1 Å². The summed E-state index contributed by atoms with van der Waals surface area (Å²) in [5.41, 5.74) is 0. The van der Waals surface area contributed by atoms with Crippen molar-refractivity contribution in [1.29, 1.82) is 0 Å². The van der Waals surface area contributed by atoms with Crippen molar-refractivity contribution < 1.29 is 4.79 Å². The molecule has 4 heteroatoms. The summed E-state index contributed by atoms with van der Waals surface area (Å²) in [5.74, 6) is 1.36. The van der Waals surface area contributed by atoms with Gasteiger partial charge >= 0.3 is 0 Å². The molecule has 1 rings (SSSR count). The van der Waals surface area contributed by atoms with Gasteiger partial charge in [-0.3, -0.25) is 4.79 Å². The number of hydrogen-bond donors (Lipinski definition) is 2. The lowest BCUT2D eigenvalue weighted by Crippen LogP contribution is -2.33. The minimum Gasteiger partial charge on any atom is -0.353 e. The molecule has 1 fully saturated rings. The third kappa shape index (κ3) is 5.52. The second-order valence-electron chi connectivity index (χ2n) is 4.36. The number of carbonyl (C=O) groups excluding carboxylic acids is 1. The molecular formula is C12H23ClN2O. The minimum absolute atomic E-state index is 0. The van der Waals surface area contributed by atoms with Crippen LogP contribution >= 0.6 is 12.4 Å². The lowest BCUT2D eigenvalue weighted by molar-refractivity contribution is -0.122. The van der Waals surface area contributed by atoms with Crippen LogP contribution in [0.3, 0.4) is 0 Å². The summed E-state index contributed by atoms with van der Waals surface area (Å²) < 4.78 is 0. The summed E-state index contributed by atoms with van der Waals surface area (Å²) in [4.78, 5) is 11.5. The summed E-state index contributed by atoms with van der Waals surface area (Å²) in [6.07, 6.45) is 4.78. The molecule has 1 aliphatic heterocycles. The first kappa shape index (κ1) is 15.5. The zero-order chi connectivity index (χ0) is 11.1. The Morgan fingerprint density at radius 1 is 1.56 bits per heavy atom. The molecule has 1 amide bonds. The maximum atomic E-state index is 11.5. The van der Waals surface area contributed by atoms with Crippen LogP contribution in [0.4, 0.5) is 0 Å². The van der Waals surface area contributed by atoms with Gasteiger partial charge in [0, 0.05) is 13.0 Å². The molecule has 2 N–H and O–H groups in total. The van der Waals surface area contributed by atoms with Crippen molar-refractivity contribution in [3.63, 3.8) is 0 Å². The topological polar surface area (TPSA) is 41.1 Å².